The van der Waals surface area contributed by atoms with Gasteiger partial charge in [0, 0.05) is 11.4 Å². The minimum atomic E-state index is -1.14. The lowest BCUT2D eigenvalue weighted by atomic mass is 9.79. The molecule has 0 aromatic rings. The lowest BCUT2D eigenvalue weighted by Crippen LogP contribution is -2.37. The topological polar surface area (TPSA) is 80.6 Å². The molecule has 78 valence electrons. The molecule has 0 saturated heterocycles. The summed E-state index contributed by atoms with van der Waals surface area (Å²) in [6, 6.07) is 0. The van der Waals surface area contributed by atoms with Gasteiger partial charge in [0.2, 0.25) is 0 Å². The fourth-order valence-corrected chi connectivity index (χ4v) is 1.28. The number of carboxylic acids is 1. The molecular formula is C9H17O4-. The van der Waals surface area contributed by atoms with Gasteiger partial charge in [-0.2, -0.15) is 0 Å². The summed E-state index contributed by atoms with van der Waals surface area (Å²) in [7, 11) is 0. The van der Waals surface area contributed by atoms with Crippen LogP contribution in [-0.2, 0) is 4.79 Å². The first-order chi connectivity index (χ1) is 6.01. The quantitative estimate of drug-likeness (QED) is 0.570. The molecule has 0 aromatic carbocycles. The molecule has 1 atom stereocenters. The molecule has 0 rings (SSSR count). The number of carbonyl (C=O) groups excluding carboxylic acids is 1. The van der Waals surface area contributed by atoms with E-state index in [2.05, 4.69) is 0 Å². The molecule has 0 fully saturated rings. The van der Waals surface area contributed by atoms with Crippen LogP contribution < -0.4 is 5.11 Å². The Balaban J connectivity index is 4.32. The average molecular weight is 189 g/mol. The van der Waals surface area contributed by atoms with E-state index in [0.29, 0.717) is 6.42 Å². The van der Waals surface area contributed by atoms with Gasteiger partial charge in [-0.3, -0.25) is 0 Å². The van der Waals surface area contributed by atoms with Gasteiger partial charge >= 0.3 is 0 Å². The normalized spacial score (nSPS) is 14.2. The third-order valence-corrected chi connectivity index (χ3v) is 2.56. The van der Waals surface area contributed by atoms with Crippen molar-refractivity contribution >= 4 is 5.97 Å². The Morgan fingerprint density at radius 3 is 2.15 bits per heavy atom. The first-order valence-corrected chi connectivity index (χ1v) is 4.44. The van der Waals surface area contributed by atoms with Crippen molar-refractivity contribution in [2.75, 3.05) is 13.2 Å². The zero-order chi connectivity index (χ0) is 10.5. The van der Waals surface area contributed by atoms with Gasteiger partial charge in [-0.15, -0.1) is 0 Å². The van der Waals surface area contributed by atoms with Crippen LogP contribution in [0, 0.1) is 11.3 Å². The number of aliphatic carboxylic acids is 1. The molecule has 13 heavy (non-hydrogen) atoms. The molecule has 1 unspecified atom stereocenters. The number of aliphatic hydroxyl groups excluding tert-OH is 2. The van der Waals surface area contributed by atoms with Crippen LogP contribution in [0.25, 0.3) is 0 Å². The van der Waals surface area contributed by atoms with E-state index in [-0.39, 0.29) is 19.6 Å². The Kier molecular flexibility index (Phi) is 4.95. The van der Waals surface area contributed by atoms with Gasteiger partial charge in [0.05, 0.1) is 13.2 Å². The standard InChI is InChI=1S/C9H18O4/c1-3-9(5-10,6-11)4-7(2)8(12)13/h7,10-11H,3-6H2,1-2H3,(H,12,13)/p-1. The van der Waals surface area contributed by atoms with Gasteiger partial charge < -0.3 is 20.1 Å². The minimum Gasteiger partial charge on any atom is -0.550 e. The first-order valence-electron chi connectivity index (χ1n) is 4.44. The first kappa shape index (κ1) is 12.4. The molecule has 0 radical (unpaired) electrons. The van der Waals surface area contributed by atoms with E-state index in [1.165, 1.54) is 6.92 Å². The molecule has 0 spiro atoms. The summed E-state index contributed by atoms with van der Waals surface area (Å²) < 4.78 is 0. The van der Waals surface area contributed by atoms with Crippen LogP contribution in [0.3, 0.4) is 0 Å². The van der Waals surface area contributed by atoms with E-state index in [1.54, 1.807) is 0 Å². The Morgan fingerprint density at radius 2 is 1.92 bits per heavy atom. The molecule has 0 amide bonds. The van der Waals surface area contributed by atoms with Gasteiger partial charge in [0.15, 0.2) is 0 Å². The van der Waals surface area contributed by atoms with Crippen molar-refractivity contribution in [2.45, 2.75) is 26.7 Å². The van der Waals surface area contributed by atoms with Crippen LogP contribution in [0.2, 0.25) is 0 Å². The molecule has 0 aliphatic rings. The fraction of sp³-hybridized carbons (Fsp3) is 0.889. The summed E-state index contributed by atoms with van der Waals surface area (Å²) in [5, 5.41) is 28.5. The van der Waals surface area contributed by atoms with Crippen LogP contribution in [-0.4, -0.2) is 29.4 Å². The summed E-state index contributed by atoms with van der Waals surface area (Å²) in [4.78, 5) is 10.5. The SMILES string of the molecule is CCC(CO)(CO)CC(C)C(=O)[O-]. The van der Waals surface area contributed by atoms with Crippen molar-refractivity contribution in [3.05, 3.63) is 0 Å². The summed E-state index contributed by atoms with van der Waals surface area (Å²) in [5.41, 5.74) is -0.681. The molecular weight excluding hydrogens is 172 g/mol. The largest absolute Gasteiger partial charge is 0.550 e. The molecule has 0 heterocycles. The predicted molar refractivity (Wildman–Crippen MR) is 45.7 cm³/mol. The van der Waals surface area contributed by atoms with E-state index in [4.69, 9.17) is 10.2 Å². The van der Waals surface area contributed by atoms with Gasteiger partial charge in [0.1, 0.15) is 0 Å². The smallest absolute Gasteiger partial charge is 0.0509 e. The van der Waals surface area contributed by atoms with Gasteiger partial charge in [-0.05, 0) is 18.8 Å². The Hall–Kier alpha value is -0.610. The second-order valence-corrected chi connectivity index (χ2v) is 3.59. The zero-order valence-electron chi connectivity index (χ0n) is 8.12. The monoisotopic (exact) mass is 189 g/mol. The van der Waals surface area contributed by atoms with E-state index in [1.807, 2.05) is 6.92 Å². The van der Waals surface area contributed by atoms with Crippen LogP contribution in [0.1, 0.15) is 26.7 Å². The van der Waals surface area contributed by atoms with Crippen LogP contribution >= 0.6 is 0 Å². The van der Waals surface area contributed by atoms with Gasteiger partial charge in [0.25, 0.3) is 0 Å². The lowest BCUT2D eigenvalue weighted by molar-refractivity contribution is -0.312. The maximum Gasteiger partial charge on any atom is 0.0509 e. The summed E-state index contributed by atoms with van der Waals surface area (Å²) in [6.07, 6.45) is 0.802. The lowest BCUT2D eigenvalue weighted by Gasteiger charge is -2.31. The predicted octanol–water partition coefficient (Wildman–Crippen LogP) is -0.857. The maximum absolute atomic E-state index is 10.5. The van der Waals surface area contributed by atoms with Crippen molar-refractivity contribution in [3.63, 3.8) is 0 Å². The number of hydrogen-bond acceptors (Lipinski definition) is 4. The molecule has 4 nitrogen and oxygen atoms in total. The Bertz CT molecular complexity index is 155. The van der Waals surface area contributed by atoms with Gasteiger partial charge in [-0.25, -0.2) is 0 Å². The second kappa shape index (κ2) is 5.19. The van der Waals surface area contributed by atoms with E-state index in [9.17, 15) is 9.90 Å². The zero-order valence-corrected chi connectivity index (χ0v) is 8.12. The number of aliphatic hydroxyl groups is 2. The molecule has 4 heteroatoms. The van der Waals surface area contributed by atoms with Crippen LogP contribution in [0.15, 0.2) is 0 Å². The summed E-state index contributed by atoms with van der Waals surface area (Å²) in [6.45, 7) is 2.94. The van der Waals surface area contributed by atoms with Crippen LogP contribution in [0.4, 0.5) is 0 Å². The molecule has 0 aliphatic carbocycles. The van der Waals surface area contributed by atoms with Crippen molar-refractivity contribution in [1.29, 1.82) is 0 Å². The van der Waals surface area contributed by atoms with E-state index in [0.717, 1.165) is 0 Å². The van der Waals surface area contributed by atoms with Crippen molar-refractivity contribution in [3.8, 4) is 0 Å². The van der Waals surface area contributed by atoms with Crippen molar-refractivity contribution in [2.24, 2.45) is 11.3 Å². The van der Waals surface area contributed by atoms with Gasteiger partial charge in [-0.1, -0.05) is 13.8 Å². The van der Waals surface area contributed by atoms with Crippen molar-refractivity contribution < 1.29 is 20.1 Å². The molecule has 0 bridgehead atoms. The highest BCUT2D eigenvalue weighted by atomic mass is 16.4. The third-order valence-electron chi connectivity index (χ3n) is 2.56. The Labute approximate surface area is 78.2 Å². The number of carboxylic acid groups (broad SMARTS) is 1. The second-order valence-electron chi connectivity index (χ2n) is 3.59. The number of hydrogen-bond donors (Lipinski definition) is 2. The van der Waals surface area contributed by atoms with E-state index >= 15 is 0 Å². The molecule has 0 saturated carbocycles. The number of carbonyl (C=O) groups is 1. The molecule has 0 aromatic heterocycles. The molecule has 0 aliphatic heterocycles. The van der Waals surface area contributed by atoms with Crippen LogP contribution in [0.5, 0.6) is 0 Å². The molecule has 2 N–H and O–H groups in total. The highest BCUT2D eigenvalue weighted by Crippen LogP contribution is 2.28. The summed E-state index contributed by atoms with van der Waals surface area (Å²) >= 11 is 0. The number of rotatable bonds is 6. The Morgan fingerprint density at radius 1 is 1.46 bits per heavy atom. The highest BCUT2D eigenvalue weighted by molar-refractivity contribution is 5.67. The minimum absolute atomic E-state index is 0.197. The summed E-state index contributed by atoms with van der Waals surface area (Å²) in [5.74, 6) is -1.78. The third kappa shape index (κ3) is 3.32. The maximum atomic E-state index is 10.5. The fourth-order valence-electron chi connectivity index (χ4n) is 1.28. The van der Waals surface area contributed by atoms with E-state index < -0.39 is 17.3 Å². The average Bonchev–Trinajstić information content (AvgIpc) is 2.14. The highest BCUT2D eigenvalue weighted by Gasteiger charge is 2.28. The van der Waals surface area contributed by atoms with Crippen molar-refractivity contribution in [1.82, 2.24) is 0 Å².